The Kier molecular flexibility index (Phi) is 3.57. The van der Waals surface area contributed by atoms with E-state index in [4.69, 9.17) is 0 Å². The van der Waals surface area contributed by atoms with Crippen LogP contribution in [-0.4, -0.2) is 17.4 Å². The summed E-state index contributed by atoms with van der Waals surface area (Å²) in [6.07, 6.45) is 1.93. The van der Waals surface area contributed by atoms with E-state index in [0.717, 1.165) is 18.4 Å². The molecule has 1 atom stereocenters. The van der Waals surface area contributed by atoms with Crippen LogP contribution < -0.4 is 0 Å². The van der Waals surface area contributed by atoms with Crippen molar-refractivity contribution < 1.29 is 9.18 Å². The second-order valence-corrected chi connectivity index (χ2v) is 6.13. The van der Waals surface area contributed by atoms with Gasteiger partial charge in [0.2, 0.25) is 0 Å². The van der Waals surface area contributed by atoms with Crippen LogP contribution in [0.4, 0.5) is 4.39 Å². The Morgan fingerprint density at radius 3 is 3.00 bits per heavy atom. The molecule has 20 heavy (non-hydrogen) atoms. The van der Waals surface area contributed by atoms with Gasteiger partial charge in [-0.1, -0.05) is 17.7 Å². The fourth-order valence-corrected chi connectivity index (χ4v) is 3.62. The molecule has 1 aromatic heterocycles. The first kappa shape index (κ1) is 13.3. The molecule has 2 heterocycles. The van der Waals surface area contributed by atoms with Crippen LogP contribution >= 0.6 is 11.3 Å². The predicted molar refractivity (Wildman–Crippen MR) is 78.5 cm³/mol. The number of thiophene rings is 1. The van der Waals surface area contributed by atoms with E-state index in [9.17, 15) is 9.18 Å². The minimum Gasteiger partial charge on any atom is -0.331 e. The highest BCUT2D eigenvalue weighted by molar-refractivity contribution is 7.10. The molecular formula is C16H16FNOS. The van der Waals surface area contributed by atoms with Gasteiger partial charge in [-0.05, 0) is 43.3 Å². The number of amides is 1. The smallest absolute Gasteiger partial charge is 0.257 e. The Morgan fingerprint density at radius 1 is 1.40 bits per heavy atom. The van der Waals surface area contributed by atoms with E-state index in [1.54, 1.807) is 23.5 Å². The summed E-state index contributed by atoms with van der Waals surface area (Å²) in [6.45, 7) is 2.58. The van der Waals surface area contributed by atoms with Gasteiger partial charge in [0, 0.05) is 11.4 Å². The number of hydrogen-bond donors (Lipinski definition) is 0. The average Bonchev–Trinajstić information content (AvgIpc) is 3.10. The SMILES string of the molecule is Cc1ccc(F)c(C(=O)N2CCCC2c2cccs2)c1. The molecule has 0 radical (unpaired) electrons. The zero-order valence-corrected chi connectivity index (χ0v) is 12.1. The lowest BCUT2D eigenvalue weighted by Gasteiger charge is -2.24. The number of nitrogens with zero attached hydrogens (tertiary/aromatic N) is 1. The third-order valence-electron chi connectivity index (χ3n) is 3.74. The molecule has 0 N–H and O–H groups in total. The maximum absolute atomic E-state index is 13.9. The lowest BCUT2D eigenvalue weighted by Crippen LogP contribution is -2.30. The predicted octanol–water partition coefficient (Wildman–Crippen LogP) is 4.17. The van der Waals surface area contributed by atoms with Crippen molar-refractivity contribution in [3.05, 3.63) is 57.5 Å². The van der Waals surface area contributed by atoms with Crippen LogP contribution in [-0.2, 0) is 0 Å². The van der Waals surface area contributed by atoms with E-state index in [2.05, 4.69) is 0 Å². The van der Waals surface area contributed by atoms with E-state index in [0.29, 0.717) is 6.54 Å². The van der Waals surface area contributed by atoms with Crippen molar-refractivity contribution in [2.45, 2.75) is 25.8 Å². The van der Waals surface area contributed by atoms with Gasteiger partial charge in [0.15, 0.2) is 0 Å². The Balaban J connectivity index is 1.91. The molecule has 0 saturated carbocycles. The largest absolute Gasteiger partial charge is 0.331 e. The first-order valence-corrected chi connectivity index (χ1v) is 7.65. The molecule has 1 aliphatic heterocycles. The molecule has 2 nitrogen and oxygen atoms in total. The number of carbonyl (C=O) groups is 1. The first-order valence-electron chi connectivity index (χ1n) is 6.77. The normalized spacial score (nSPS) is 18.5. The fraction of sp³-hybridized carbons (Fsp3) is 0.312. The van der Waals surface area contributed by atoms with Gasteiger partial charge in [-0.2, -0.15) is 0 Å². The molecule has 2 aromatic rings. The van der Waals surface area contributed by atoms with Gasteiger partial charge < -0.3 is 4.90 Å². The van der Waals surface area contributed by atoms with Gasteiger partial charge in [0.1, 0.15) is 5.82 Å². The maximum atomic E-state index is 13.9. The Morgan fingerprint density at radius 2 is 2.25 bits per heavy atom. The molecular weight excluding hydrogens is 273 g/mol. The lowest BCUT2D eigenvalue weighted by molar-refractivity contribution is 0.0733. The van der Waals surface area contributed by atoms with Gasteiger partial charge in [-0.15, -0.1) is 11.3 Å². The summed E-state index contributed by atoms with van der Waals surface area (Å²) in [5, 5.41) is 2.02. The summed E-state index contributed by atoms with van der Waals surface area (Å²) < 4.78 is 13.9. The summed E-state index contributed by atoms with van der Waals surface area (Å²) in [5.41, 5.74) is 1.09. The zero-order valence-electron chi connectivity index (χ0n) is 11.3. The summed E-state index contributed by atoms with van der Waals surface area (Å²) in [6, 6.07) is 8.84. The number of rotatable bonds is 2. The van der Waals surface area contributed by atoms with Crippen LogP contribution in [0.1, 0.15) is 39.7 Å². The van der Waals surface area contributed by atoms with Crippen LogP contribution in [0.3, 0.4) is 0 Å². The molecule has 0 bridgehead atoms. The Bertz CT molecular complexity index is 623. The third-order valence-corrected chi connectivity index (χ3v) is 4.71. The van der Waals surface area contributed by atoms with Gasteiger partial charge in [0.05, 0.1) is 11.6 Å². The summed E-state index contributed by atoms with van der Waals surface area (Å²) in [5.74, 6) is -0.625. The van der Waals surface area contributed by atoms with E-state index < -0.39 is 5.82 Å². The number of halogens is 1. The summed E-state index contributed by atoms with van der Waals surface area (Å²) in [7, 11) is 0. The molecule has 1 aromatic carbocycles. The second-order valence-electron chi connectivity index (χ2n) is 5.16. The lowest BCUT2D eigenvalue weighted by atomic mass is 10.1. The number of aryl methyl sites for hydroxylation is 1. The summed E-state index contributed by atoms with van der Waals surface area (Å²) in [4.78, 5) is 15.6. The standard InChI is InChI=1S/C16H16FNOS/c1-11-6-7-13(17)12(10-11)16(19)18-8-2-4-14(18)15-5-3-9-20-15/h3,5-7,9-10,14H,2,4,8H2,1H3. The first-order chi connectivity index (χ1) is 9.66. The molecule has 4 heteroatoms. The highest BCUT2D eigenvalue weighted by Crippen LogP contribution is 2.35. The molecule has 0 spiro atoms. The third kappa shape index (κ3) is 2.36. The van der Waals surface area contributed by atoms with E-state index >= 15 is 0 Å². The average molecular weight is 289 g/mol. The second kappa shape index (κ2) is 5.37. The van der Waals surface area contributed by atoms with Gasteiger partial charge in [-0.25, -0.2) is 4.39 Å². The van der Waals surface area contributed by atoms with Gasteiger partial charge in [-0.3, -0.25) is 4.79 Å². The number of hydrogen-bond acceptors (Lipinski definition) is 2. The quantitative estimate of drug-likeness (QED) is 0.812. The summed E-state index contributed by atoms with van der Waals surface area (Å²) >= 11 is 1.66. The van der Waals surface area contributed by atoms with Crippen LogP contribution in [0.25, 0.3) is 0 Å². The van der Waals surface area contributed by atoms with Crippen LogP contribution in [0.5, 0.6) is 0 Å². The van der Waals surface area contributed by atoms with Crippen molar-refractivity contribution in [1.82, 2.24) is 4.90 Å². The molecule has 1 fully saturated rings. The van der Waals surface area contributed by atoms with Gasteiger partial charge >= 0.3 is 0 Å². The van der Waals surface area contributed by atoms with Crippen LogP contribution in [0.15, 0.2) is 35.7 Å². The molecule has 1 aliphatic rings. The molecule has 0 aliphatic carbocycles. The van der Waals surface area contributed by atoms with Crippen molar-refractivity contribution in [1.29, 1.82) is 0 Å². The Labute approximate surface area is 121 Å². The molecule has 3 rings (SSSR count). The molecule has 1 amide bonds. The maximum Gasteiger partial charge on any atom is 0.257 e. The van der Waals surface area contributed by atoms with Crippen molar-refractivity contribution in [2.24, 2.45) is 0 Å². The minimum atomic E-state index is -0.433. The topological polar surface area (TPSA) is 20.3 Å². The van der Waals surface area contributed by atoms with Crippen LogP contribution in [0, 0.1) is 12.7 Å². The molecule has 1 saturated heterocycles. The molecule has 1 unspecified atom stereocenters. The number of carbonyl (C=O) groups excluding carboxylic acids is 1. The van der Waals surface area contributed by atoms with E-state index in [1.807, 2.05) is 29.3 Å². The van der Waals surface area contributed by atoms with Crippen molar-refractivity contribution in [3.8, 4) is 0 Å². The monoisotopic (exact) mass is 289 g/mol. The van der Waals surface area contributed by atoms with Gasteiger partial charge in [0.25, 0.3) is 5.91 Å². The van der Waals surface area contributed by atoms with Crippen molar-refractivity contribution in [2.75, 3.05) is 6.54 Å². The zero-order chi connectivity index (χ0) is 14.1. The Hall–Kier alpha value is -1.68. The number of benzene rings is 1. The van der Waals surface area contributed by atoms with E-state index in [-0.39, 0.29) is 17.5 Å². The highest BCUT2D eigenvalue weighted by atomic mass is 32.1. The highest BCUT2D eigenvalue weighted by Gasteiger charge is 2.32. The minimum absolute atomic E-state index is 0.0995. The van der Waals surface area contributed by atoms with Crippen molar-refractivity contribution in [3.63, 3.8) is 0 Å². The van der Waals surface area contributed by atoms with Crippen LogP contribution in [0.2, 0.25) is 0 Å². The van der Waals surface area contributed by atoms with Crippen molar-refractivity contribution >= 4 is 17.2 Å². The fourth-order valence-electron chi connectivity index (χ4n) is 2.74. The number of likely N-dealkylation sites (tertiary alicyclic amines) is 1. The molecule has 104 valence electrons. The van der Waals surface area contributed by atoms with E-state index in [1.165, 1.54) is 10.9 Å².